The lowest BCUT2D eigenvalue weighted by molar-refractivity contribution is -0.138. The van der Waals surface area contributed by atoms with Crippen LogP contribution >= 0.6 is 0 Å². The van der Waals surface area contributed by atoms with E-state index in [9.17, 15) is 18.0 Å². The van der Waals surface area contributed by atoms with Crippen LogP contribution in [0, 0.1) is 0 Å². The fourth-order valence-corrected chi connectivity index (χ4v) is 0.596. The third-order valence-electron chi connectivity index (χ3n) is 1.07. The van der Waals surface area contributed by atoms with Crippen molar-refractivity contribution < 1.29 is 27.6 Å². The minimum atomic E-state index is -4.74. The Morgan fingerprint density at radius 1 is 1.58 bits per heavy atom. The molecule has 0 atom stereocenters. The molecule has 1 heterocycles. The van der Waals surface area contributed by atoms with Crippen LogP contribution in [0.25, 0.3) is 0 Å². The summed E-state index contributed by atoms with van der Waals surface area (Å²) in [5, 5.41) is 10.9. The molecule has 0 amide bonds. The summed E-state index contributed by atoms with van der Waals surface area (Å²) in [6.07, 6.45) is -4.42. The first-order chi connectivity index (χ1) is 5.43. The number of hydrogen-bond donors (Lipinski definition) is 1. The van der Waals surface area contributed by atoms with Crippen molar-refractivity contribution in [2.75, 3.05) is 0 Å². The molecule has 0 spiro atoms. The molecule has 1 aromatic heterocycles. The maximum Gasteiger partial charge on any atom is 0.421 e. The fourth-order valence-electron chi connectivity index (χ4n) is 0.596. The van der Waals surface area contributed by atoms with Gasteiger partial charge < -0.3 is 9.63 Å². The van der Waals surface area contributed by atoms with Crippen molar-refractivity contribution >= 4 is 5.97 Å². The van der Waals surface area contributed by atoms with Gasteiger partial charge in [0.25, 0.3) is 5.76 Å². The van der Waals surface area contributed by atoms with E-state index in [2.05, 4.69) is 9.68 Å². The summed E-state index contributed by atoms with van der Waals surface area (Å²) in [5.41, 5.74) is -1.38. The zero-order valence-corrected chi connectivity index (χ0v) is 5.42. The number of aromatic nitrogens is 1. The van der Waals surface area contributed by atoms with Crippen LogP contribution in [0.2, 0.25) is 0 Å². The monoisotopic (exact) mass is 181 g/mol. The number of nitrogens with zero attached hydrogens (tertiary/aromatic N) is 1. The molecule has 12 heavy (non-hydrogen) atoms. The third kappa shape index (κ3) is 1.39. The van der Waals surface area contributed by atoms with Crippen molar-refractivity contribution in [3.63, 3.8) is 0 Å². The van der Waals surface area contributed by atoms with Crippen LogP contribution in [0.5, 0.6) is 0 Å². The highest BCUT2D eigenvalue weighted by atomic mass is 19.4. The number of alkyl halides is 3. The zero-order chi connectivity index (χ0) is 9.35. The van der Waals surface area contributed by atoms with Gasteiger partial charge in [0, 0.05) is 0 Å². The number of rotatable bonds is 1. The molecule has 1 N–H and O–H groups in total. The van der Waals surface area contributed by atoms with Crippen molar-refractivity contribution in [1.82, 2.24) is 5.16 Å². The molecule has 0 aliphatic carbocycles. The lowest BCUT2D eigenvalue weighted by atomic mass is 10.2. The van der Waals surface area contributed by atoms with E-state index in [4.69, 9.17) is 5.11 Å². The molecule has 0 fully saturated rings. The summed E-state index contributed by atoms with van der Waals surface area (Å²) in [6, 6.07) is 0. The Labute approximate surface area is 63.6 Å². The molecular weight excluding hydrogens is 179 g/mol. The first kappa shape index (κ1) is 8.57. The number of carboxylic acid groups (broad SMARTS) is 1. The molecule has 1 rings (SSSR count). The summed E-state index contributed by atoms with van der Waals surface area (Å²) in [5.74, 6) is -2.98. The number of aromatic carboxylic acids is 1. The maximum absolute atomic E-state index is 11.9. The standard InChI is InChI=1S/C5H2F3NO3/c6-5(7,8)2-1-9-12-3(2)4(10)11/h1H,(H,10,11). The highest BCUT2D eigenvalue weighted by molar-refractivity contribution is 5.86. The topological polar surface area (TPSA) is 63.3 Å². The van der Waals surface area contributed by atoms with E-state index in [0.29, 0.717) is 6.20 Å². The van der Waals surface area contributed by atoms with Gasteiger partial charge in [0.15, 0.2) is 0 Å². The van der Waals surface area contributed by atoms with Gasteiger partial charge >= 0.3 is 12.1 Å². The minimum absolute atomic E-state index is 0.323. The van der Waals surface area contributed by atoms with E-state index in [1.54, 1.807) is 0 Å². The van der Waals surface area contributed by atoms with Gasteiger partial charge in [0.1, 0.15) is 5.56 Å². The Morgan fingerprint density at radius 3 is 2.50 bits per heavy atom. The molecule has 0 aromatic carbocycles. The van der Waals surface area contributed by atoms with E-state index < -0.39 is 23.5 Å². The average Bonchev–Trinajstić information content (AvgIpc) is 2.30. The smallest absolute Gasteiger partial charge is 0.421 e. The maximum atomic E-state index is 11.9. The third-order valence-corrected chi connectivity index (χ3v) is 1.07. The predicted octanol–water partition coefficient (Wildman–Crippen LogP) is 1.39. The van der Waals surface area contributed by atoms with Crippen LogP contribution < -0.4 is 0 Å². The molecule has 0 bridgehead atoms. The lowest BCUT2D eigenvalue weighted by Crippen LogP contribution is -2.09. The van der Waals surface area contributed by atoms with Gasteiger partial charge in [-0.25, -0.2) is 4.79 Å². The van der Waals surface area contributed by atoms with Crippen LogP contribution in [-0.4, -0.2) is 16.2 Å². The largest absolute Gasteiger partial charge is 0.475 e. The van der Waals surface area contributed by atoms with Crippen molar-refractivity contribution in [3.8, 4) is 0 Å². The van der Waals surface area contributed by atoms with E-state index in [1.165, 1.54) is 0 Å². The van der Waals surface area contributed by atoms with E-state index >= 15 is 0 Å². The van der Waals surface area contributed by atoms with Crippen LogP contribution in [0.3, 0.4) is 0 Å². The van der Waals surface area contributed by atoms with Crippen molar-refractivity contribution in [2.24, 2.45) is 0 Å². The van der Waals surface area contributed by atoms with Crippen LogP contribution in [0.15, 0.2) is 10.7 Å². The first-order valence-electron chi connectivity index (χ1n) is 2.68. The highest BCUT2D eigenvalue weighted by Gasteiger charge is 2.38. The minimum Gasteiger partial charge on any atom is -0.475 e. The Hall–Kier alpha value is -1.53. The van der Waals surface area contributed by atoms with Crippen LogP contribution in [0.1, 0.15) is 16.1 Å². The SMILES string of the molecule is O=C(O)c1oncc1C(F)(F)F. The summed E-state index contributed by atoms with van der Waals surface area (Å²) in [7, 11) is 0. The second kappa shape index (κ2) is 2.50. The van der Waals surface area contributed by atoms with Crippen molar-refractivity contribution in [3.05, 3.63) is 17.5 Å². The number of carboxylic acids is 1. The molecule has 7 heteroatoms. The molecule has 0 aliphatic heterocycles. The van der Waals surface area contributed by atoms with Gasteiger partial charge in [0.05, 0.1) is 6.20 Å². The molecule has 0 saturated heterocycles. The second-order valence-corrected chi connectivity index (χ2v) is 1.87. The first-order valence-corrected chi connectivity index (χ1v) is 2.68. The van der Waals surface area contributed by atoms with E-state index in [0.717, 1.165) is 0 Å². The van der Waals surface area contributed by atoms with Gasteiger partial charge in [-0.05, 0) is 0 Å². The normalized spacial score (nSPS) is 11.6. The van der Waals surface area contributed by atoms with Gasteiger partial charge in [0.2, 0.25) is 0 Å². The summed E-state index contributed by atoms with van der Waals surface area (Å²) in [4.78, 5) is 10.1. The summed E-state index contributed by atoms with van der Waals surface area (Å²) < 4.78 is 39.5. The van der Waals surface area contributed by atoms with Crippen molar-refractivity contribution in [1.29, 1.82) is 0 Å². The Bertz CT molecular complexity index is 303. The van der Waals surface area contributed by atoms with Gasteiger partial charge in [-0.15, -0.1) is 0 Å². The number of halogens is 3. The lowest BCUT2D eigenvalue weighted by Gasteiger charge is -2.01. The molecule has 1 aromatic rings. The van der Waals surface area contributed by atoms with Gasteiger partial charge in [-0.1, -0.05) is 5.16 Å². The van der Waals surface area contributed by atoms with Crippen LogP contribution in [0.4, 0.5) is 13.2 Å². The van der Waals surface area contributed by atoms with E-state index in [1.807, 2.05) is 0 Å². The summed E-state index contributed by atoms with van der Waals surface area (Å²) >= 11 is 0. The molecule has 0 aliphatic rings. The number of hydrogen-bond acceptors (Lipinski definition) is 3. The Morgan fingerprint density at radius 2 is 2.17 bits per heavy atom. The summed E-state index contributed by atoms with van der Waals surface area (Å²) in [6.45, 7) is 0. The molecule has 0 radical (unpaired) electrons. The number of carbonyl (C=O) groups is 1. The highest BCUT2D eigenvalue weighted by Crippen LogP contribution is 2.31. The average molecular weight is 181 g/mol. The quantitative estimate of drug-likeness (QED) is 0.710. The molecule has 0 saturated carbocycles. The molecule has 66 valence electrons. The molecular formula is C5H2F3NO3. The fraction of sp³-hybridized carbons (Fsp3) is 0.200. The van der Waals surface area contributed by atoms with Crippen molar-refractivity contribution in [2.45, 2.75) is 6.18 Å². The molecule has 4 nitrogen and oxygen atoms in total. The van der Waals surface area contributed by atoms with Gasteiger partial charge in [-0.3, -0.25) is 0 Å². The van der Waals surface area contributed by atoms with E-state index in [-0.39, 0.29) is 0 Å². The second-order valence-electron chi connectivity index (χ2n) is 1.87. The Balaban J connectivity index is 3.17. The van der Waals surface area contributed by atoms with Crippen LogP contribution in [-0.2, 0) is 6.18 Å². The molecule has 0 unspecified atom stereocenters. The van der Waals surface area contributed by atoms with Gasteiger partial charge in [-0.2, -0.15) is 13.2 Å². The zero-order valence-electron chi connectivity index (χ0n) is 5.42. The Kier molecular flexibility index (Phi) is 1.79. The predicted molar refractivity (Wildman–Crippen MR) is 28.5 cm³/mol.